The van der Waals surface area contributed by atoms with E-state index in [2.05, 4.69) is 40.7 Å². The summed E-state index contributed by atoms with van der Waals surface area (Å²) in [4.78, 5) is 0. The summed E-state index contributed by atoms with van der Waals surface area (Å²) in [6, 6.07) is 2.06. The van der Waals surface area contributed by atoms with Gasteiger partial charge in [0, 0.05) is 11.1 Å². The first-order valence-corrected chi connectivity index (χ1v) is 11.4. The fraction of sp³-hybridized carbons (Fsp3) is 0.692. The number of aliphatic hydroxyl groups is 1. The number of allylic oxidation sites excluding steroid dienone is 1. The van der Waals surface area contributed by atoms with Crippen LogP contribution in [0.3, 0.4) is 0 Å². The lowest BCUT2D eigenvalue weighted by Crippen LogP contribution is -2.25. The molecule has 30 heavy (non-hydrogen) atoms. The molecule has 1 atom stereocenters. The van der Waals surface area contributed by atoms with Crippen LogP contribution in [0.4, 0.5) is 0 Å². The predicted molar refractivity (Wildman–Crippen MR) is 124 cm³/mol. The molecule has 0 heterocycles. The lowest BCUT2D eigenvalue weighted by Gasteiger charge is -2.38. The van der Waals surface area contributed by atoms with Gasteiger partial charge in [0.05, 0.1) is 19.3 Å². The van der Waals surface area contributed by atoms with Gasteiger partial charge in [0.2, 0.25) is 5.75 Å². The average molecular weight is 419 g/mol. The molecule has 0 fully saturated rings. The zero-order valence-corrected chi connectivity index (χ0v) is 20.7. The molecule has 0 aliphatic heterocycles. The molecule has 4 heteroatoms. The van der Waals surface area contributed by atoms with Crippen LogP contribution >= 0.6 is 0 Å². The molecule has 0 aromatic heterocycles. The maximum atomic E-state index is 11.7. The van der Waals surface area contributed by atoms with Crippen molar-refractivity contribution in [3.63, 3.8) is 0 Å². The molecule has 0 radical (unpaired) electrons. The molecule has 1 aliphatic rings. The molecule has 1 aliphatic carbocycles. The summed E-state index contributed by atoms with van der Waals surface area (Å²) in [6.45, 7) is 18.9. The van der Waals surface area contributed by atoms with Crippen LogP contribution in [0.5, 0.6) is 17.2 Å². The molecule has 0 saturated carbocycles. The van der Waals surface area contributed by atoms with E-state index in [1.54, 1.807) is 7.11 Å². The molecule has 0 saturated heterocycles. The van der Waals surface area contributed by atoms with E-state index in [-0.39, 0.29) is 23.5 Å². The standard InChI is InChI=1S/C26H42O4/c1-15(2)19-14-20(22(27)21-18(7)12-11-13-26(21,8)9)23(28-10)25(30-17(5)6)24(19)29-16(3)4/h14-17,22,27H,11-13H2,1-10H3. The molecule has 170 valence electrons. The molecule has 1 N–H and O–H groups in total. The van der Waals surface area contributed by atoms with Crippen molar-refractivity contribution in [2.75, 3.05) is 7.11 Å². The fourth-order valence-corrected chi connectivity index (χ4v) is 4.61. The molecule has 4 nitrogen and oxygen atoms in total. The Morgan fingerprint density at radius 2 is 1.47 bits per heavy atom. The molecule has 0 bridgehead atoms. The van der Waals surface area contributed by atoms with Gasteiger partial charge in [-0.2, -0.15) is 0 Å². The Kier molecular flexibility index (Phi) is 7.90. The van der Waals surface area contributed by atoms with Gasteiger partial charge >= 0.3 is 0 Å². The van der Waals surface area contributed by atoms with E-state index in [0.717, 1.165) is 41.7 Å². The summed E-state index contributed by atoms with van der Waals surface area (Å²) in [7, 11) is 1.64. The summed E-state index contributed by atoms with van der Waals surface area (Å²) in [5, 5.41) is 11.7. The monoisotopic (exact) mass is 418 g/mol. The number of hydrogen-bond acceptors (Lipinski definition) is 4. The lowest BCUT2D eigenvalue weighted by atomic mass is 9.69. The van der Waals surface area contributed by atoms with Crippen LogP contribution < -0.4 is 14.2 Å². The van der Waals surface area contributed by atoms with Gasteiger partial charge in [-0.3, -0.25) is 0 Å². The summed E-state index contributed by atoms with van der Waals surface area (Å²) in [5.41, 5.74) is 4.12. The van der Waals surface area contributed by atoms with E-state index in [0.29, 0.717) is 11.5 Å². The summed E-state index contributed by atoms with van der Waals surface area (Å²) < 4.78 is 18.3. The summed E-state index contributed by atoms with van der Waals surface area (Å²) in [6.07, 6.45) is 2.47. The van der Waals surface area contributed by atoms with Gasteiger partial charge in [0.15, 0.2) is 11.5 Å². The Hall–Kier alpha value is -1.68. The number of rotatable bonds is 8. The zero-order chi connectivity index (χ0) is 22.8. The van der Waals surface area contributed by atoms with Crippen LogP contribution in [-0.4, -0.2) is 24.4 Å². The van der Waals surface area contributed by atoms with Crippen molar-refractivity contribution in [2.45, 2.75) is 106 Å². The van der Waals surface area contributed by atoms with Gasteiger partial charge in [0.25, 0.3) is 0 Å². The second-order valence-electron chi connectivity index (χ2n) is 10.1. The van der Waals surface area contributed by atoms with Crippen LogP contribution in [0.2, 0.25) is 0 Å². The highest BCUT2D eigenvalue weighted by molar-refractivity contribution is 5.62. The molecule has 1 unspecified atom stereocenters. The smallest absolute Gasteiger partial charge is 0.204 e. The number of benzene rings is 1. The largest absolute Gasteiger partial charge is 0.492 e. The van der Waals surface area contributed by atoms with E-state index in [9.17, 15) is 5.11 Å². The molecule has 0 spiro atoms. The first kappa shape index (κ1) is 24.6. The van der Waals surface area contributed by atoms with Crippen molar-refractivity contribution >= 4 is 0 Å². The second-order valence-corrected chi connectivity index (χ2v) is 10.1. The molecule has 0 amide bonds. The van der Waals surface area contributed by atoms with Crippen molar-refractivity contribution in [2.24, 2.45) is 5.41 Å². The van der Waals surface area contributed by atoms with Crippen molar-refractivity contribution in [3.05, 3.63) is 28.3 Å². The van der Waals surface area contributed by atoms with Crippen molar-refractivity contribution < 1.29 is 19.3 Å². The van der Waals surface area contributed by atoms with E-state index in [1.807, 2.05) is 27.7 Å². The van der Waals surface area contributed by atoms with Crippen molar-refractivity contribution in [1.29, 1.82) is 0 Å². The van der Waals surface area contributed by atoms with Gasteiger partial charge in [-0.05, 0) is 76.9 Å². The topological polar surface area (TPSA) is 47.9 Å². The third kappa shape index (κ3) is 5.14. The first-order valence-electron chi connectivity index (χ1n) is 11.4. The van der Waals surface area contributed by atoms with Crippen molar-refractivity contribution in [1.82, 2.24) is 0 Å². The number of ether oxygens (including phenoxy) is 3. The Morgan fingerprint density at radius 3 is 1.93 bits per heavy atom. The van der Waals surface area contributed by atoms with Gasteiger partial charge < -0.3 is 19.3 Å². The van der Waals surface area contributed by atoms with Crippen molar-refractivity contribution in [3.8, 4) is 17.2 Å². The maximum absolute atomic E-state index is 11.7. The highest BCUT2D eigenvalue weighted by Gasteiger charge is 2.36. The number of methoxy groups -OCH3 is 1. The average Bonchev–Trinajstić information content (AvgIpc) is 2.60. The Morgan fingerprint density at radius 1 is 0.900 bits per heavy atom. The van der Waals surface area contributed by atoms with Gasteiger partial charge in [-0.1, -0.05) is 33.3 Å². The van der Waals surface area contributed by atoms with E-state index < -0.39 is 6.10 Å². The highest BCUT2D eigenvalue weighted by Crippen LogP contribution is 2.52. The Bertz CT molecular complexity index is 772. The van der Waals surface area contributed by atoms with Crippen LogP contribution in [0.15, 0.2) is 17.2 Å². The minimum Gasteiger partial charge on any atom is -0.492 e. The Labute approximate surface area is 183 Å². The normalized spacial score (nSPS) is 17.7. The highest BCUT2D eigenvalue weighted by atomic mass is 16.5. The molecular weight excluding hydrogens is 376 g/mol. The van der Waals surface area contributed by atoms with Gasteiger partial charge in [-0.15, -0.1) is 0 Å². The summed E-state index contributed by atoms with van der Waals surface area (Å²) >= 11 is 0. The van der Waals surface area contributed by atoms with Gasteiger partial charge in [-0.25, -0.2) is 0 Å². The number of aliphatic hydroxyl groups excluding tert-OH is 1. The number of hydrogen-bond donors (Lipinski definition) is 1. The van der Waals surface area contributed by atoms with Crippen LogP contribution in [0.25, 0.3) is 0 Å². The maximum Gasteiger partial charge on any atom is 0.204 e. The third-order valence-corrected chi connectivity index (χ3v) is 5.89. The Balaban J connectivity index is 2.80. The lowest BCUT2D eigenvalue weighted by molar-refractivity contribution is 0.161. The fourth-order valence-electron chi connectivity index (χ4n) is 4.61. The zero-order valence-electron chi connectivity index (χ0n) is 20.7. The van der Waals surface area contributed by atoms with Crippen LogP contribution in [0.1, 0.15) is 105 Å². The minimum atomic E-state index is -0.740. The summed E-state index contributed by atoms with van der Waals surface area (Å²) in [5.74, 6) is 2.08. The second kappa shape index (κ2) is 9.64. The van der Waals surface area contributed by atoms with Gasteiger partial charge in [0.1, 0.15) is 6.10 Å². The molecule has 2 rings (SSSR count). The van der Waals surface area contributed by atoms with Crippen LogP contribution in [0, 0.1) is 5.41 Å². The quantitative estimate of drug-likeness (QED) is 0.464. The molecule has 1 aromatic carbocycles. The predicted octanol–water partition coefficient (Wildman–Crippen LogP) is 6.95. The van der Waals surface area contributed by atoms with E-state index in [1.165, 1.54) is 5.57 Å². The molecular formula is C26H42O4. The SMILES string of the molecule is COc1c(C(O)C2=C(C)CCCC2(C)C)cc(C(C)C)c(OC(C)C)c1OC(C)C. The van der Waals surface area contributed by atoms with Crippen LogP contribution in [-0.2, 0) is 0 Å². The third-order valence-electron chi connectivity index (χ3n) is 5.89. The molecule has 1 aromatic rings. The van der Waals surface area contributed by atoms with E-state index >= 15 is 0 Å². The minimum absolute atomic E-state index is 0.000257. The first-order chi connectivity index (χ1) is 13.9. The van der Waals surface area contributed by atoms with E-state index in [4.69, 9.17) is 14.2 Å².